The van der Waals surface area contributed by atoms with Crippen molar-refractivity contribution in [2.24, 2.45) is 0 Å². The zero-order valence-corrected chi connectivity index (χ0v) is 9.49. The van der Waals surface area contributed by atoms with Crippen LogP contribution in [0.1, 0.15) is 32.4 Å². The Hall–Kier alpha value is -1.22. The molecule has 0 spiro atoms. The molecule has 0 aliphatic carbocycles. The van der Waals surface area contributed by atoms with E-state index in [2.05, 4.69) is 0 Å². The second-order valence-electron chi connectivity index (χ2n) is 3.24. The lowest BCUT2D eigenvalue weighted by Crippen LogP contribution is -2.01. The van der Waals surface area contributed by atoms with Crippen LogP contribution in [-0.4, -0.2) is 18.3 Å². The molecular formula is C12H18O3. The van der Waals surface area contributed by atoms with Crippen LogP contribution in [0, 0.1) is 0 Å². The third-order valence-electron chi connectivity index (χ3n) is 2.05. The highest BCUT2D eigenvalue weighted by Crippen LogP contribution is 2.29. The van der Waals surface area contributed by atoms with Crippen LogP contribution in [0.15, 0.2) is 18.2 Å². The molecule has 0 aliphatic heterocycles. The molecule has 0 aromatic heterocycles. The van der Waals surface area contributed by atoms with Crippen LogP contribution in [-0.2, 0) is 0 Å². The van der Waals surface area contributed by atoms with Gasteiger partial charge in [-0.3, -0.25) is 0 Å². The summed E-state index contributed by atoms with van der Waals surface area (Å²) in [7, 11) is 0. The Morgan fingerprint density at radius 1 is 1.20 bits per heavy atom. The maximum atomic E-state index is 9.53. The van der Waals surface area contributed by atoms with E-state index in [-0.39, 0.29) is 0 Å². The predicted octanol–water partition coefficient (Wildman–Crippen LogP) is 2.54. The molecule has 0 radical (unpaired) electrons. The molecule has 1 aromatic rings. The molecule has 3 nitrogen and oxygen atoms in total. The Bertz CT molecular complexity index is 308. The van der Waals surface area contributed by atoms with E-state index < -0.39 is 6.10 Å². The molecule has 15 heavy (non-hydrogen) atoms. The van der Waals surface area contributed by atoms with E-state index in [1.165, 1.54) is 0 Å². The molecular weight excluding hydrogens is 192 g/mol. The van der Waals surface area contributed by atoms with E-state index in [4.69, 9.17) is 9.47 Å². The Morgan fingerprint density at radius 2 is 1.87 bits per heavy atom. The van der Waals surface area contributed by atoms with Gasteiger partial charge in [-0.15, -0.1) is 0 Å². The predicted molar refractivity (Wildman–Crippen MR) is 59.4 cm³/mol. The molecule has 0 saturated heterocycles. The van der Waals surface area contributed by atoms with Gasteiger partial charge in [-0.25, -0.2) is 0 Å². The van der Waals surface area contributed by atoms with Crippen molar-refractivity contribution < 1.29 is 14.6 Å². The number of rotatable bonds is 5. The van der Waals surface area contributed by atoms with Gasteiger partial charge in [0.25, 0.3) is 0 Å². The minimum absolute atomic E-state index is 0.526. The standard InChI is InChI=1S/C12H18O3/c1-4-14-10-6-7-11(9(3)13)12(8-10)15-5-2/h6-9,13H,4-5H2,1-3H3/t9-/m1/s1. The molecule has 84 valence electrons. The summed E-state index contributed by atoms with van der Waals surface area (Å²) >= 11 is 0. The Balaban J connectivity index is 2.97. The summed E-state index contributed by atoms with van der Waals surface area (Å²) < 4.78 is 10.8. The van der Waals surface area contributed by atoms with Crippen molar-refractivity contribution in [1.29, 1.82) is 0 Å². The minimum atomic E-state index is -0.526. The molecule has 1 rings (SSSR count). The van der Waals surface area contributed by atoms with Crippen LogP contribution in [0.2, 0.25) is 0 Å². The molecule has 0 fully saturated rings. The van der Waals surface area contributed by atoms with Gasteiger partial charge in [0.2, 0.25) is 0 Å². The van der Waals surface area contributed by atoms with Gasteiger partial charge in [0.15, 0.2) is 0 Å². The van der Waals surface area contributed by atoms with Gasteiger partial charge in [0, 0.05) is 11.6 Å². The van der Waals surface area contributed by atoms with Crippen LogP contribution >= 0.6 is 0 Å². The fourth-order valence-electron chi connectivity index (χ4n) is 1.40. The summed E-state index contributed by atoms with van der Waals surface area (Å²) in [4.78, 5) is 0. The topological polar surface area (TPSA) is 38.7 Å². The average Bonchev–Trinajstić information content (AvgIpc) is 2.18. The van der Waals surface area contributed by atoms with E-state index in [1.54, 1.807) is 6.92 Å². The van der Waals surface area contributed by atoms with Gasteiger partial charge in [0.1, 0.15) is 11.5 Å². The second-order valence-corrected chi connectivity index (χ2v) is 3.24. The molecule has 1 aromatic carbocycles. The van der Waals surface area contributed by atoms with Crippen molar-refractivity contribution in [3.63, 3.8) is 0 Å². The van der Waals surface area contributed by atoms with Crippen molar-refractivity contribution in [3.05, 3.63) is 23.8 Å². The van der Waals surface area contributed by atoms with Crippen molar-refractivity contribution in [3.8, 4) is 11.5 Å². The highest BCUT2D eigenvalue weighted by Gasteiger charge is 2.10. The Labute approximate surface area is 90.6 Å². The first kappa shape index (κ1) is 11.9. The first-order chi connectivity index (χ1) is 7.19. The summed E-state index contributed by atoms with van der Waals surface area (Å²) in [5, 5.41) is 9.53. The van der Waals surface area contributed by atoms with Gasteiger partial charge < -0.3 is 14.6 Å². The van der Waals surface area contributed by atoms with Gasteiger partial charge >= 0.3 is 0 Å². The number of aliphatic hydroxyl groups excluding tert-OH is 1. The highest BCUT2D eigenvalue weighted by atomic mass is 16.5. The average molecular weight is 210 g/mol. The summed E-state index contributed by atoms with van der Waals surface area (Å²) in [6, 6.07) is 5.49. The lowest BCUT2D eigenvalue weighted by Gasteiger charge is -2.14. The zero-order chi connectivity index (χ0) is 11.3. The normalized spacial score (nSPS) is 12.3. The summed E-state index contributed by atoms with van der Waals surface area (Å²) in [5.41, 5.74) is 0.792. The smallest absolute Gasteiger partial charge is 0.128 e. The SMILES string of the molecule is CCOc1ccc([C@@H](C)O)c(OCC)c1. The third-order valence-corrected chi connectivity index (χ3v) is 2.05. The molecule has 0 bridgehead atoms. The van der Waals surface area contributed by atoms with Crippen LogP contribution in [0.5, 0.6) is 11.5 Å². The van der Waals surface area contributed by atoms with E-state index in [1.807, 2.05) is 32.0 Å². The molecule has 3 heteroatoms. The van der Waals surface area contributed by atoms with Gasteiger partial charge in [-0.05, 0) is 32.9 Å². The van der Waals surface area contributed by atoms with Crippen molar-refractivity contribution in [1.82, 2.24) is 0 Å². The molecule has 0 heterocycles. The van der Waals surface area contributed by atoms with Crippen LogP contribution < -0.4 is 9.47 Å². The number of benzene rings is 1. The lowest BCUT2D eigenvalue weighted by molar-refractivity contribution is 0.192. The number of aliphatic hydroxyl groups is 1. The molecule has 0 aliphatic rings. The quantitative estimate of drug-likeness (QED) is 0.811. The Kier molecular flexibility index (Phi) is 4.43. The monoisotopic (exact) mass is 210 g/mol. The summed E-state index contributed by atoms with van der Waals surface area (Å²) in [6.07, 6.45) is -0.526. The number of hydrogen-bond acceptors (Lipinski definition) is 3. The first-order valence-corrected chi connectivity index (χ1v) is 5.26. The molecule has 1 atom stereocenters. The maximum absolute atomic E-state index is 9.53. The second kappa shape index (κ2) is 5.61. The van der Waals surface area contributed by atoms with Crippen molar-refractivity contribution in [2.75, 3.05) is 13.2 Å². The van der Waals surface area contributed by atoms with E-state index in [9.17, 15) is 5.11 Å². The van der Waals surface area contributed by atoms with Gasteiger partial charge in [0.05, 0.1) is 19.3 Å². The van der Waals surface area contributed by atoms with E-state index >= 15 is 0 Å². The van der Waals surface area contributed by atoms with Crippen molar-refractivity contribution >= 4 is 0 Å². The molecule has 0 unspecified atom stereocenters. The maximum Gasteiger partial charge on any atom is 0.128 e. The van der Waals surface area contributed by atoms with E-state index in [0.29, 0.717) is 19.0 Å². The van der Waals surface area contributed by atoms with Gasteiger partial charge in [-0.2, -0.15) is 0 Å². The Morgan fingerprint density at radius 3 is 2.40 bits per heavy atom. The highest BCUT2D eigenvalue weighted by molar-refractivity contribution is 5.41. The molecule has 1 N–H and O–H groups in total. The largest absolute Gasteiger partial charge is 0.494 e. The lowest BCUT2D eigenvalue weighted by atomic mass is 10.1. The van der Waals surface area contributed by atoms with E-state index in [0.717, 1.165) is 11.3 Å². The number of ether oxygens (including phenoxy) is 2. The minimum Gasteiger partial charge on any atom is -0.494 e. The zero-order valence-electron chi connectivity index (χ0n) is 9.49. The molecule has 0 saturated carbocycles. The van der Waals surface area contributed by atoms with Crippen LogP contribution in [0.25, 0.3) is 0 Å². The summed E-state index contributed by atoms with van der Waals surface area (Å²) in [5.74, 6) is 1.46. The number of hydrogen-bond donors (Lipinski definition) is 1. The van der Waals surface area contributed by atoms with Gasteiger partial charge in [-0.1, -0.05) is 0 Å². The van der Waals surface area contributed by atoms with Crippen LogP contribution in [0.3, 0.4) is 0 Å². The third kappa shape index (κ3) is 3.13. The molecule has 0 amide bonds. The van der Waals surface area contributed by atoms with Crippen LogP contribution in [0.4, 0.5) is 0 Å². The fourth-order valence-corrected chi connectivity index (χ4v) is 1.40. The summed E-state index contributed by atoms with van der Waals surface area (Å²) in [6.45, 7) is 6.77. The first-order valence-electron chi connectivity index (χ1n) is 5.26. The van der Waals surface area contributed by atoms with Crippen molar-refractivity contribution in [2.45, 2.75) is 26.9 Å². The fraction of sp³-hybridized carbons (Fsp3) is 0.500.